The van der Waals surface area contributed by atoms with Crippen LogP contribution in [0, 0.1) is 0 Å². The molecule has 0 bridgehead atoms. The van der Waals surface area contributed by atoms with Crippen LogP contribution in [0.25, 0.3) is 5.69 Å². The van der Waals surface area contributed by atoms with Crippen molar-refractivity contribution in [1.82, 2.24) is 9.78 Å². The van der Waals surface area contributed by atoms with Crippen molar-refractivity contribution >= 4 is 33.2 Å². The summed E-state index contributed by atoms with van der Waals surface area (Å²) < 4.78 is 2.67. The van der Waals surface area contributed by atoms with Crippen LogP contribution in [0.15, 0.2) is 65.4 Å². The largest absolute Gasteiger partial charge is 0.370 e. The first-order valence-electron chi connectivity index (χ1n) is 8.67. The number of hydrogen-bond acceptors (Lipinski definition) is 3. The Morgan fingerprint density at radius 3 is 2.46 bits per heavy atom. The second-order valence-corrected chi connectivity index (χ2v) is 7.23. The molecule has 0 spiro atoms. The highest BCUT2D eigenvalue weighted by Crippen LogP contribution is 2.29. The number of halogens is 1. The zero-order valence-corrected chi connectivity index (χ0v) is 15.8. The van der Waals surface area contributed by atoms with Gasteiger partial charge in [-0.2, -0.15) is 5.10 Å². The topological polar surface area (TPSA) is 50.2 Å². The minimum absolute atomic E-state index is 0.107. The number of benzene rings is 2. The second-order valence-electron chi connectivity index (χ2n) is 6.32. The van der Waals surface area contributed by atoms with E-state index in [1.807, 2.05) is 48.7 Å². The van der Waals surface area contributed by atoms with Crippen molar-refractivity contribution in [2.45, 2.75) is 12.8 Å². The van der Waals surface area contributed by atoms with Crippen LogP contribution in [0.3, 0.4) is 0 Å². The lowest BCUT2D eigenvalue weighted by atomic mass is 10.1. The summed E-state index contributed by atoms with van der Waals surface area (Å²) in [6.07, 6.45) is 6.01. The maximum absolute atomic E-state index is 12.7. The minimum atomic E-state index is -0.107. The summed E-state index contributed by atoms with van der Waals surface area (Å²) in [6, 6.07) is 15.4. The average Bonchev–Trinajstić information content (AvgIpc) is 3.34. The molecular weight excluding hydrogens is 392 g/mol. The quantitative estimate of drug-likeness (QED) is 0.689. The van der Waals surface area contributed by atoms with Crippen LogP contribution >= 0.6 is 15.9 Å². The average molecular weight is 411 g/mol. The Morgan fingerprint density at radius 2 is 1.77 bits per heavy atom. The van der Waals surface area contributed by atoms with Crippen molar-refractivity contribution in [3.05, 3.63) is 71.0 Å². The molecule has 1 aliphatic rings. The molecule has 0 aliphatic carbocycles. The molecule has 1 amide bonds. The molecule has 1 N–H and O–H groups in total. The fourth-order valence-electron chi connectivity index (χ4n) is 3.22. The smallest absolute Gasteiger partial charge is 0.255 e. The van der Waals surface area contributed by atoms with Crippen molar-refractivity contribution in [2.75, 3.05) is 23.3 Å². The predicted molar refractivity (Wildman–Crippen MR) is 107 cm³/mol. The highest BCUT2D eigenvalue weighted by molar-refractivity contribution is 9.10. The molecule has 1 aromatic heterocycles. The van der Waals surface area contributed by atoms with Gasteiger partial charge >= 0.3 is 0 Å². The molecule has 1 saturated heterocycles. The third-order valence-electron chi connectivity index (χ3n) is 4.54. The number of amides is 1. The molecule has 3 aromatic rings. The molecule has 0 saturated carbocycles. The summed E-state index contributed by atoms with van der Waals surface area (Å²) in [6.45, 7) is 2.09. The van der Waals surface area contributed by atoms with Crippen LogP contribution in [-0.4, -0.2) is 28.8 Å². The fraction of sp³-hybridized carbons (Fsp3) is 0.200. The van der Waals surface area contributed by atoms with E-state index >= 15 is 0 Å². The molecule has 2 heterocycles. The van der Waals surface area contributed by atoms with Gasteiger partial charge in [0.2, 0.25) is 0 Å². The van der Waals surface area contributed by atoms with Crippen molar-refractivity contribution in [1.29, 1.82) is 0 Å². The second kappa shape index (κ2) is 7.33. The highest BCUT2D eigenvalue weighted by atomic mass is 79.9. The molecule has 5 nitrogen and oxygen atoms in total. The van der Waals surface area contributed by atoms with Crippen molar-refractivity contribution in [3.63, 3.8) is 0 Å². The Balaban J connectivity index is 1.52. The van der Waals surface area contributed by atoms with Crippen LogP contribution in [0.5, 0.6) is 0 Å². The van der Waals surface area contributed by atoms with E-state index in [-0.39, 0.29) is 5.91 Å². The van der Waals surface area contributed by atoms with Gasteiger partial charge < -0.3 is 10.2 Å². The van der Waals surface area contributed by atoms with E-state index < -0.39 is 0 Å². The Hall–Kier alpha value is -2.60. The third kappa shape index (κ3) is 3.51. The zero-order chi connectivity index (χ0) is 17.9. The number of aromatic nitrogens is 2. The van der Waals surface area contributed by atoms with E-state index in [0.29, 0.717) is 5.56 Å². The summed E-state index contributed by atoms with van der Waals surface area (Å²) in [5.74, 6) is -0.107. The number of hydrogen-bond donors (Lipinski definition) is 1. The lowest BCUT2D eigenvalue weighted by molar-refractivity contribution is 0.102. The molecule has 26 heavy (non-hydrogen) atoms. The van der Waals surface area contributed by atoms with E-state index in [1.54, 1.807) is 10.9 Å². The van der Waals surface area contributed by atoms with E-state index in [0.717, 1.165) is 34.6 Å². The summed E-state index contributed by atoms with van der Waals surface area (Å²) >= 11 is 3.39. The van der Waals surface area contributed by atoms with Crippen molar-refractivity contribution in [2.24, 2.45) is 0 Å². The highest BCUT2D eigenvalue weighted by Gasteiger charge is 2.17. The molecule has 4 rings (SSSR count). The van der Waals surface area contributed by atoms with E-state index in [1.165, 1.54) is 12.8 Å². The van der Waals surface area contributed by atoms with Gasteiger partial charge in [-0.05, 0) is 65.2 Å². The summed E-state index contributed by atoms with van der Waals surface area (Å²) in [7, 11) is 0. The number of carbonyl (C=O) groups is 1. The molecule has 1 aliphatic heterocycles. The summed E-state index contributed by atoms with van der Waals surface area (Å²) in [5.41, 5.74) is 3.48. The fourth-order valence-corrected chi connectivity index (χ4v) is 3.50. The molecule has 132 valence electrons. The number of rotatable bonds is 4. The van der Waals surface area contributed by atoms with Gasteiger partial charge in [-0.3, -0.25) is 4.79 Å². The standard InChI is InChI=1S/C20H19BrN4O/c21-16-13-22-25(14-16)17-9-7-15(8-10-17)20(26)23-18-5-1-2-6-19(18)24-11-3-4-12-24/h1-2,5-10,13-14H,3-4,11-12H2,(H,23,26). The van der Waals surface area contributed by atoms with Gasteiger partial charge in [-0.15, -0.1) is 0 Å². The number of nitrogens with zero attached hydrogens (tertiary/aromatic N) is 3. The van der Waals surface area contributed by atoms with Crippen molar-refractivity contribution in [3.8, 4) is 5.69 Å². The lowest BCUT2D eigenvalue weighted by Crippen LogP contribution is -2.21. The third-order valence-corrected chi connectivity index (χ3v) is 4.95. The molecule has 0 unspecified atom stereocenters. The maximum atomic E-state index is 12.7. The normalized spacial score (nSPS) is 13.8. The van der Waals surface area contributed by atoms with Gasteiger partial charge in [0, 0.05) is 24.8 Å². The maximum Gasteiger partial charge on any atom is 0.255 e. The van der Waals surface area contributed by atoms with Crippen LogP contribution in [0.4, 0.5) is 11.4 Å². The van der Waals surface area contributed by atoms with E-state index in [9.17, 15) is 4.79 Å². The Labute approximate surface area is 160 Å². The molecular formula is C20H19BrN4O. The molecule has 0 atom stereocenters. The van der Waals surface area contributed by atoms with Gasteiger partial charge in [0.25, 0.3) is 5.91 Å². The first-order chi connectivity index (χ1) is 12.7. The van der Waals surface area contributed by atoms with Gasteiger partial charge in [0.05, 0.1) is 27.7 Å². The SMILES string of the molecule is O=C(Nc1ccccc1N1CCCC1)c1ccc(-n2cc(Br)cn2)cc1. The van der Waals surface area contributed by atoms with Crippen LogP contribution in [0.2, 0.25) is 0 Å². The van der Waals surface area contributed by atoms with Crippen LogP contribution < -0.4 is 10.2 Å². The minimum Gasteiger partial charge on any atom is -0.370 e. The van der Waals surface area contributed by atoms with Crippen molar-refractivity contribution < 1.29 is 4.79 Å². The van der Waals surface area contributed by atoms with Gasteiger partial charge in [0.15, 0.2) is 0 Å². The number of anilines is 2. The summed E-state index contributed by atoms with van der Waals surface area (Å²) in [4.78, 5) is 15.0. The monoisotopic (exact) mass is 410 g/mol. The zero-order valence-electron chi connectivity index (χ0n) is 14.2. The predicted octanol–water partition coefficient (Wildman–Crippen LogP) is 4.49. The summed E-state index contributed by atoms with van der Waals surface area (Å²) in [5, 5.41) is 7.30. The first-order valence-corrected chi connectivity index (χ1v) is 9.46. The molecule has 0 radical (unpaired) electrons. The number of nitrogens with one attached hydrogen (secondary N) is 1. The Bertz CT molecular complexity index is 914. The first kappa shape index (κ1) is 16.8. The Morgan fingerprint density at radius 1 is 1.04 bits per heavy atom. The van der Waals surface area contributed by atoms with Gasteiger partial charge in [0.1, 0.15) is 0 Å². The lowest BCUT2D eigenvalue weighted by Gasteiger charge is -2.21. The van der Waals surface area contributed by atoms with Gasteiger partial charge in [-0.25, -0.2) is 4.68 Å². The van der Waals surface area contributed by atoms with Crippen LogP contribution in [0.1, 0.15) is 23.2 Å². The van der Waals surface area contributed by atoms with Crippen LogP contribution in [-0.2, 0) is 0 Å². The van der Waals surface area contributed by atoms with E-state index in [2.05, 4.69) is 37.3 Å². The number of para-hydroxylation sites is 2. The van der Waals surface area contributed by atoms with E-state index in [4.69, 9.17) is 0 Å². The molecule has 1 fully saturated rings. The van der Waals surface area contributed by atoms with Gasteiger partial charge in [-0.1, -0.05) is 12.1 Å². The molecule has 2 aromatic carbocycles. The number of carbonyl (C=O) groups excluding carboxylic acids is 1. The molecule has 6 heteroatoms. The Kier molecular flexibility index (Phi) is 4.75.